The SMILES string of the molecule is O=C(Cn1c(=O)c(F)cn([C@@H]2CCCO2)c1=O)NC(c1ccccc1)c1ccccc1. The van der Waals surface area contributed by atoms with Crippen molar-refractivity contribution in [1.29, 1.82) is 0 Å². The zero-order valence-electron chi connectivity index (χ0n) is 16.7. The van der Waals surface area contributed by atoms with Gasteiger partial charge in [0.1, 0.15) is 12.8 Å². The molecule has 0 bridgehead atoms. The highest BCUT2D eigenvalue weighted by Crippen LogP contribution is 2.22. The van der Waals surface area contributed by atoms with Gasteiger partial charge in [-0.1, -0.05) is 60.7 Å². The van der Waals surface area contributed by atoms with Gasteiger partial charge in [0.05, 0.1) is 12.2 Å². The number of rotatable bonds is 6. The molecule has 3 aromatic rings. The number of hydrogen-bond donors (Lipinski definition) is 1. The number of benzene rings is 2. The number of carbonyl (C=O) groups excluding carboxylic acids is 1. The summed E-state index contributed by atoms with van der Waals surface area (Å²) >= 11 is 0. The second-order valence-electron chi connectivity index (χ2n) is 7.35. The summed E-state index contributed by atoms with van der Waals surface area (Å²) < 4.78 is 21.3. The molecule has 0 radical (unpaired) electrons. The van der Waals surface area contributed by atoms with E-state index in [-0.39, 0.29) is 0 Å². The largest absolute Gasteiger partial charge is 0.358 e. The third-order valence-corrected chi connectivity index (χ3v) is 5.24. The topological polar surface area (TPSA) is 82.3 Å². The van der Waals surface area contributed by atoms with Gasteiger partial charge < -0.3 is 10.1 Å². The number of nitrogens with zero attached hydrogens (tertiary/aromatic N) is 2. The Morgan fingerprint density at radius 1 is 1.06 bits per heavy atom. The van der Waals surface area contributed by atoms with Crippen LogP contribution in [0.2, 0.25) is 0 Å². The molecule has 1 aliphatic rings. The van der Waals surface area contributed by atoms with Crippen LogP contribution in [0.15, 0.2) is 76.4 Å². The maximum absolute atomic E-state index is 14.2. The summed E-state index contributed by atoms with van der Waals surface area (Å²) in [7, 11) is 0. The van der Waals surface area contributed by atoms with Gasteiger partial charge in [-0.15, -0.1) is 0 Å². The Kier molecular flexibility index (Phi) is 6.08. The van der Waals surface area contributed by atoms with Crippen molar-refractivity contribution in [3.63, 3.8) is 0 Å². The smallest absolute Gasteiger partial charge is 0.333 e. The second kappa shape index (κ2) is 9.09. The van der Waals surface area contributed by atoms with Gasteiger partial charge in [-0.3, -0.25) is 14.2 Å². The van der Waals surface area contributed by atoms with Crippen molar-refractivity contribution in [2.24, 2.45) is 0 Å². The van der Waals surface area contributed by atoms with Crippen LogP contribution in [0.4, 0.5) is 4.39 Å². The van der Waals surface area contributed by atoms with Crippen molar-refractivity contribution in [1.82, 2.24) is 14.5 Å². The van der Waals surface area contributed by atoms with Gasteiger partial charge in [0.15, 0.2) is 0 Å². The van der Waals surface area contributed by atoms with Crippen LogP contribution < -0.4 is 16.6 Å². The Bertz CT molecular complexity index is 1130. The van der Waals surface area contributed by atoms with Crippen LogP contribution in [0.3, 0.4) is 0 Å². The first-order chi connectivity index (χ1) is 15.0. The molecule has 31 heavy (non-hydrogen) atoms. The number of carbonyl (C=O) groups is 1. The number of nitrogens with one attached hydrogen (secondary N) is 1. The number of amides is 1. The van der Waals surface area contributed by atoms with Gasteiger partial charge >= 0.3 is 5.69 Å². The lowest BCUT2D eigenvalue weighted by Crippen LogP contribution is -2.46. The molecule has 4 rings (SSSR count). The first-order valence-electron chi connectivity index (χ1n) is 10.1. The van der Waals surface area contributed by atoms with Gasteiger partial charge in [-0.05, 0) is 24.0 Å². The normalized spacial score (nSPS) is 15.9. The average molecular weight is 423 g/mol. The van der Waals surface area contributed by atoms with E-state index in [0.29, 0.717) is 17.6 Å². The van der Waals surface area contributed by atoms with E-state index in [1.54, 1.807) is 0 Å². The van der Waals surface area contributed by atoms with Gasteiger partial charge in [0.2, 0.25) is 11.7 Å². The minimum Gasteiger partial charge on any atom is -0.358 e. The minimum atomic E-state index is -1.13. The molecule has 1 N–H and O–H groups in total. The van der Waals surface area contributed by atoms with Crippen LogP contribution in [-0.2, 0) is 16.1 Å². The monoisotopic (exact) mass is 423 g/mol. The Morgan fingerprint density at radius 2 is 1.68 bits per heavy atom. The summed E-state index contributed by atoms with van der Waals surface area (Å²) in [5.41, 5.74) is -0.231. The summed E-state index contributed by atoms with van der Waals surface area (Å²) in [5.74, 6) is -1.69. The van der Waals surface area contributed by atoms with Crippen molar-refractivity contribution in [3.05, 3.63) is 105 Å². The minimum absolute atomic E-state index is 0.453. The van der Waals surface area contributed by atoms with Crippen molar-refractivity contribution >= 4 is 5.91 Å². The highest BCUT2D eigenvalue weighted by molar-refractivity contribution is 5.76. The Morgan fingerprint density at radius 3 is 2.23 bits per heavy atom. The molecule has 1 aromatic heterocycles. The lowest BCUT2D eigenvalue weighted by molar-refractivity contribution is -0.122. The molecular weight excluding hydrogens is 401 g/mol. The molecule has 1 fully saturated rings. The molecular formula is C23H22FN3O4. The summed E-state index contributed by atoms with van der Waals surface area (Å²) in [5, 5.41) is 2.86. The molecule has 0 unspecified atom stereocenters. The van der Waals surface area contributed by atoms with Gasteiger partial charge in [0, 0.05) is 6.61 Å². The van der Waals surface area contributed by atoms with Crippen molar-refractivity contribution < 1.29 is 13.9 Å². The molecule has 1 atom stereocenters. The van der Waals surface area contributed by atoms with Crippen molar-refractivity contribution in [2.75, 3.05) is 6.61 Å². The molecule has 2 aromatic carbocycles. The Hall–Kier alpha value is -3.52. The molecule has 0 saturated carbocycles. The van der Waals surface area contributed by atoms with Crippen molar-refractivity contribution in [2.45, 2.75) is 31.7 Å². The number of aromatic nitrogens is 2. The summed E-state index contributed by atoms with van der Waals surface area (Å²) in [6.45, 7) is -0.146. The average Bonchev–Trinajstić information content (AvgIpc) is 3.33. The van der Waals surface area contributed by atoms with Crippen LogP contribution in [0.25, 0.3) is 0 Å². The van der Waals surface area contributed by atoms with Gasteiger partial charge in [0.25, 0.3) is 5.56 Å². The van der Waals surface area contributed by atoms with E-state index < -0.39 is 41.8 Å². The summed E-state index contributed by atoms with van der Waals surface area (Å²) in [6.07, 6.45) is 1.48. The molecule has 7 nitrogen and oxygen atoms in total. The number of halogens is 1. The van der Waals surface area contributed by atoms with E-state index >= 15 is 0 Å². The van der Waals surface area contributed by atoms with E-state index in [1.165, 1.54) is 0 Å². The first kappa shape index (κ1) is 20.7. The molecule has 8 heteroatoms. The maximum atomic E-state index is 14.2. The van der Waals surface area contributed by atoms with E-state index in [1.807, 2.05) is 60.7 Å². The van der Waals surface area contributed by atoms with Gasteiger partial charge in [-0.25, -0.2) is 9.36 Å². The van der Waals surface area contributed by atoms with Gasteiger partial charge in [-0.2, -0.15) is 4.39 Å². The zero-order valence-corrected chi connectivity index (χ0v) is 16.7. The molecule has 0 spiro atoms. The molecule has 160 valence electrons. The second-order valence-corrected chi connectivity index (χ2v) is 7.35. The first-order valence-corrected chi connectivity index (χ1v) is 10.1. The standard InChI is InChI=1S/C23H22FN3O4/c24-18-14-26(20-12-7-13-31-20)23(30)27(22(18)29)15-19(28)25-21(16-8-3-1-4-9-16)17-10-5-2-6-11-17/h1-6,8-11,14,20-21H,7,12-13,15H2,(H,25,28)/t20-/m0/s1. The van der Waals surface area contributed by atoms with Crippen LogP contribution in [0.1, 0.15) is 36.2 Å². The number of hydrogen-bond acceptors (Lipinski definition) is 4. The fourth-order valence-corrected chi connectivity index (χ4v) is 3.71. The van der Waals surface area contributed by atoms with E-state index in [0.717, 1.165) is 28.3 Å². The summed E-state index contributed by atoms with van der Waals surface area (Å²) in [4.78, 5) is 37.9. The molecule has 0 aliphatic carbocycles. The fourth-order valence-electron chi connectivity index (χ4n) is 3.71. The molecule has 1 aliphatic heterocycles. The predicted octanol–water partition coefficient (Wildman–Crippen LogP) is 2.36. The zero-order chi connectivity index (χ0) is 21.8. The number of ether oxygens (including phenoxy) is 1. The maximum Gasteiger partial charge on any atom is 0.333 e. The quantitative estimate of drug-likeness (QED) is 0.660. The molecule has 2 heterocycles. The lowest BCUT2D eigenvalue weighted by Gasteiger charge is -2.20. The Balaban J connectivity index is 1.63. The molecule has 1 amide bonds. The highest BCUT2D eigenvalue weighted by Gasteiger charge is 2.24. The lowest BCUT2D eigenvalue weighted by atomic mass is 9.99. The van der Waals surface area contributed by atoms with E-state index in [2.05, 4.69) is 5.32 Å². The highest BCUT2D eigenvalue weighted by atomic mass is 19.1. The van der Waals surface area contributed by atoms with Crippen LogP contribution in [0.5, 0.6) is 0 Å². The fraction of sp³-hybridized carbons (Fsp3) is 0.261. The summed E-state index contributed by atoms with van der Waals surface area (Å²) in [6, 6.07) is 18.2. The third-order valence-electron chi connectivity index (χ3n) is 5.24. The van der Waals surface area contributed by atoms with E-state index in [9.17, 15) is 18.8 Å². The third kappa shape index (κ3) is 4.49. The van der Waals surface area contributed by atoms with E-state index in [4.69, 9.17) is 4.74 Å². The predicted molar refractivity (Wildman–Crippen MR) is 112 cm³/mol. The van der Waals surface area contributed by atoms with Crippen LogP contribution in [-0.4, -0.2) is 21.6 Å². The Labute approximate surface area is 177 Å². The van der Waals surface area contributed by atoms with Crippen molar-refractivity contribution in [3.8, 4) is 0 Å². The van der Waals surface area contributed by atoms with Crippen LogP contribution >= 0.6 is 0 Å². The molecule has 1 saturated heterocycles. The van der Waals surface area contributed by atoms with Crippen LogP contribution in [0, 0.1) is 5.82 Å².